The first-order valence-corrected chi connectivity index (χ1v) is 26.1. The molecule has 0 atom stereocenters. The smallest absolute Gasteiger partial charge is 0.135 e. The van der Waals surface area contributed by atoms with Gasteiger partial charge in [0.1, 0.15) is 5.82 Å². The van der Waals surface area contributed by atoms with Gasteiger partial charge in [-0.15, -0.1) is 48.3 Å². The van der Waals surface area contributed by atoms with Crippen LogP contribution >= 0.6 is 0 Å². The SMILES string of the molecule is CC(C)(C)c1ccnc(-c2cc(C(C)(C)C)cc(-c3cc(C(C)(C)C)ccn3)c2N2[CH-]N(c3[c-]c(Oc4[c-]c5c(cc4)-c4ccccc4-c4ccccc4N5c4cc(C(C)(C)C)ccn4)ccc3)c3ccccc32)c1.[Pt]. The number of pyridine rings is 3. The van der Waals surface area contributed by atoms with Gasteiger partial charge in [-0.2, -0.15) is 12.1 Å². The number of fused-ring (bicyclic) bond motifs is 6. The number of nitrogens with zero attached hydrogens (tertiary/aromatic N) is 6. The summed E-state index contributed by atoms with van der Waals surface area (Å²) in [7, 11) is 0. The second-order valence-corrected chi connectivity index (χ2v) is 24.0. The molecule has 0 unspecified atom stereocenters. The molecule has 0 radical (unpaired) electrons. The van der Waals surface area contributed by atoms with Crippen LogP contribution in [-0.4, -0.2) is 15.0 Å². The van der Waals surface area contributed by atoms with Gasteiger partial charge < -0.3 is 19.4 Å². The number of hydrogen-bond donors (Lipinski definition) is 0. The van der Waals surface area contributed by atoms with Crippen LogP contribution in [0.3, 0.4) is 0 Å². The van der Waals surface area contributed by atoms with Crippen LogP contribution in [0.2, 0.25) is 0 Å². The number of para-hydroxylation sites is 3. The largest absolute Gasteiger partial charge is 0.509 e. The maximum absolute atomic E-state index is 6.87. The van der Waals surface area contributed by atoms with Crippen LogP contribution in [0.5, 0.6) is 11.5 Å². The maximum atomic E-state index is 6.87. The molecule has 2 aliphatic rings. The van der Waals surface area contributed by atoms with E-state index < -0.39 is 0 Å². The van der Waals surface area contributed by atoms with E-state index in [0.717, 1.165) is 84.7 Å². The first kappa shape index (κ1) is 52.1. The average molecular weight is 1180 g/mol. The average Bonchev–Trinajstić information content (AvgIpc) is 3.83. The fraction of sp³-hybridized carbons (Fsp3) is 0.235. The molecule has 11 rings (SSSR count). The molecule has 0 bridgehead atoms. The molecule has 0 N–H and O–H groups in total. The molecule has 386 valence electrons. The van der Waals surface area contributed by atoms with E-state index in [-0.39, 0.29) is 42.7 Å². The molecule has 5 heterocycles. The van der Waals surface area contributed by atoms with E-state index in [4.69, 9.17) is 19.7 Å². The number of hydrogen-bond acceptors (Lipinski definition) is 7. The van der Waals surface area contributed by atoms with Crippen molar-refractivity contribution in [3.05, 3.63) is 211 Å². The molecule has 0 spiro atoms. The Bertz CT molecular complexity index is 3570. The van der Waals surface area contributed by atoms with Crippen LogP contribution in [0.4, 0.5) is 39.9 Å². The van der Waals surface area contributed by atoms with Gasteiger partial charge in [-0.1, -0.05) is 149 Å². The van der Waals surface area contributed by atoms with Crippen LogP contribution < -0.4 is 19.4 Å². The van der Waals surface area contributed by atoms with Gasteiger partial charge in [0.05, 0.1) is 17.1 Å². The van der Waals surface area contributed by atoms with Gasteiger partial charge in [-0.05, 0) is 116 Å². The topological polar surface area (TPSA) is 57.6 Å². The van der Waals surface area contributed by atoms with Crippen molar-refractivity contribution >= 4 is 39.9 Å². The summed E-state index contributed by atoms with van der Waals surface area (Å²) in [6, 6.07) is 61.2. The second kappa shape index (κ2) is 19.7. The van der Waals surface area contributed by atoms with E-state index in [9.17, 15) is 0 Å². The molecular formula is C68H65N6OPt-3. The summed E-state index contributed by atoms with van der Waals surface area (Å²) >= 11 is 0. The molecule has 2 aliphatic heterocycles. The number of ether oxygens (including phenoxy) is 1. The Kier molecular flexibility index (Phi) is 13.5. The van der Waals surface area contributed by atoms with Crippen molar-refractivity contribution in [1.29, 1.82) is 0 Å². The van der Waals surface area contributed by atoms with E-state index in [1.807, 2.05) is 36.8 Å². The van der Waals surface area contributed by atoms with Crippen molar-refractivity contribution in [2.24, 2.45) is 0 Å². The zero-order valence-electron chi connectivity index (χ0n) is 45.7. The zero-order chi connectivity index (χ0) is 52.6. The minimum atomic E-state index is -0.171. The molecule has 0 aliphatic carbocycles. The molecule has 76 heavy (non-hydrogen) atoms. The van der Waals surface area contributed by atoms with Gasteiger partial charge in [0, 0.05) is 84.9 Å². The third-order valence-electron chi connectivity index (χ3n) is 14.5. The van der Waals surface area contributed by atoms with Gasteiger partial charge in [0.15, 0.2) is 0 Å². The van der Waals surface area contributed by atoms with Gasteiger partial charge in [0.2, 0.25) is 0 Å². The Morgan fingerprint density at radius 2 is 0.895 bits per heavy atom. The molecule has 0 fully saturated rings. The summed E-state index contributed by atoms with van der Waals surface area (Å²) in [6.45, 7) is 29.2. The van der Waals surface area contributed by atoms with Crippen molar-refractivity contribution in [1.82, 2.24) is 15.0 Å². The Balaban J connectivity index is 0.00000657. The summed E-state index contributed by atoms with van der Waals surface area (Å²) in [4.78, 5) is 22.1. The standard InChI is InChI=1S/C68H65N6O.Pt/c1-65(2,3)44-30-33-69-57(38-44)55-36-47(68(10,11)12)37-56(58-39-45(31-34-70-58)66(4,5)6)64(55)73-43-72(60-26-17-18-27-61(60)73)48-20-19-21-49(41-48)75-50-28-29-54-52-23-14-13-22-51(52)53-24-15-16-25-59(53)74(62(54)42-50)63-40-46(32-35-71-63)67(7,8)9;/h13-40,43H,1-12H3;/q-3;. The molecule has 3 aromatic heterocycles. The Morgan fingerprint density at radius 3 is 1.47 bits per heavy atom. The summed E-state index contributed by atoms with van der Waals surface area (Å²) in [5.74, 6) is 1.93. The molecule has 7 nitrogen and oxygen atoms in total. The second-order valence-electron chi connectivity index (χ2n) is 24.0. The fourth-order valence-corrected chi connectivity index (χ4v) is 10.2. The van der Waals surface area contributed by atoms with Crippen LogP contribution in [0.1, 0.15) is 105 Å². The summed E-state index contributed by atoms with van der Waals surface area (Å²) in [5, 5.41) is 0. The van der Waals surface area contributed by atoms with Crippen LogP contribution in [-0.2, 0) is 42.7 Å². The van der Waals surface area contributed by atoms with E-state index >= 15 is 0 Å². The minimum absolute atomic E-state index is 0. The van der Waals surface area contributed by atoms with Gasteiger partial charge >= 0.3 is 0 Å². The van der Waals surface area contributed by atoms with Crippen molar-refractivity contribution in [3.63, 3.8) is 0 Å². The van der Waals surface area contributed by atoms with Crippen molar-refractivity contribution in [3.8, 4) is 56.3 Å². The van der Waals surface area contributed by atoms with Crippen LogP contribution in [0.15, 0.2) is 170 Å². The van der Waals surface area contributed by atoms with E-state index in [1.165, 1.54) is 22.3 Å². The third kappa shape index (κ3) is 9.87. The first-order chi connectivity index (χ1) is 35.7. The Morgan fingerprint density at radius 1 is 0.408 bits per heavy atom. The fourth-order valence-electron chi connectivity index (χ4n) is 10.2. The molecule has 0 saturated carbocycles. The van der Waals surface area contributed by atoms with Crippen molar-refractivity contribution in [2.45, 2.75) is 105 Å². The molecular weight excluding hydrogens is 1110 g/mol. The summed E-state index contributed by atoms with van der Waals surface area (Å²) in [5.41, 5.74) is 18.4. The van der Waals surface area contributed by atoms with Crippen LogP contribution in [0.25, 0.3) is 44.8 Å². The number of aromatic nitrogens is 3. The maximum Gasteiger partial charge on any atom is 0.135 e. The quantitative estimate of drug-likeness (QED) is 0.147. The molecule has 0 amide bonds. The van der Waals surface area contributed by atoms with E-state index in [0.29, 0.717) is 11.5 Å². The molecule has 8 heteroatoms. The first-order valence-electron chi connectivity index (χ1n) is 26.1. The van der Waals surface area contributed by atoms with Gasteiger partial charge in [-0.25, -0.2) is 4.98 Å². The number of benzene rings is 6. The zero-order valence-corrected chi connectivity index (χ0v) is 47.9. The Labute approximate surface area is 465 Å². The predicted octanol–water partition coefficient (Wildman–Crippen LogP) is 18.3. The molecule has 9 aromatic rings. The number of anilines is 7. The van der Waals surface area contributed by atoms with E-state index in [2.05, 4.69) is 250 Å². The summed E-state index contributed by atoms with van der Waals surface area (Å²) in [6.07, 6.45) is 5.82. The van der Waals surface area contributed by atoms with Crippen LogP contribution in [0, 0.1) is 18.8 Å². The van der Waals surface area contributed by atoms with Crippen molar-refractivity contribution < 1.29 is 25.8 Å². The van der Waals surface area contributed by atoms with Gasteiger partial charge in [0.25, 0.3) is 0 Å². The normalized spacial score (nSPS) is 13.3. The molecule has 0 saturated heterocycles. The minimum Gasteiger partial charge on any atom is -0.509 e. The Hall–Kier alpha value is -7.34. The summed E-state index contributed by atoms with van der Waals surface area (Å²) < 4.78 is 6.87. The monoisotopic (exact) mass is 1180 g/mol. The third-order valence-corrected chi connectivity index (χ3v) is 14.5. The van der Waals surface area contributed by atoms with E-state index in [1.54, 1.807) is 0 Å². The molecule has 6 aromatic carbocycles. The van der Waals surface area contributed by atoms with Gasteiger partial charge in [-0.3, -0.25) is 9.97 Å². The number of rotatable bonds is 7. The van der Waals surface area contributed by atoms with Crippen molar-refractivity contribution in [2.75, 3.05) is 14.7 Å². The predicted molar refractivity (Wildman–Crippen MR) is 310 cm³/mol.